The Morgan fingerprint density at radius 3 is 1.75 bits per heavy atom. The number of amides is 4. The van der Waals surface area contributed by atoms with Gasteiger partial charge in [0.2, 0.25) is 5.91 Å². The first-order chi connectivity index (χ1) is 33.1. The summed E-state index contributed by atoms with van der Waals surface area (Å²) < 4.78 is 22.5. The number of nitrogens with two attached hydrogens (primary N) is 1. The highest BCUT2D eigenvalue weighted by molar-refractivity contribution is 5.91. The minimum atomic E-state index is -0.989. The zero-order chi connectivity index (χ0) is 48.7. The lowest BCUT2D eigenvalue weighted by Crippen LogP contribution is -2.52. The Balaban J connectivity index is 0.864. The van der Waals surface area contributed by atoms with Gasteiger partial charge in [0.25, 0.3) is 5.91 Å². The molecule has 0 aliphatic carbocycles. The second kappa shape index (κ2) is 20.0. The summed E-state index contributed by atoms with van der Waals surface area (Å²) in [6.45, 7) is 12.0. The van der Waals surface area contributed by atoms with Crippen LogP contribution in [0.5, 0.6) is 0 Å². The minimum absolute atomic E-state index is 0.00849. The normalized spacial score (nSPS) is 27.6. The first-order valence-electron chi connectivity index (χ1n) is 24.6. The summed E-state index contributed by atoms with van der Waals surface area (Å²) >= 11 is 0. The van der Waals surface area contributed by atoms with Gasteiger partial charge in [-0.25, -0.2) is 19.6 Å². The average Bonchev–Trinajstić information content (AvgIpc) is 4.16. The lowest BCUT2D eigenvalue weighted by molar-refractivity contribution is -0.151. The number of primary amides is 1. The van der Waals surface area contributed by atoms with Crippen molar-refractivity contribution in [3.63, 3.8) is 0 Å². The number of hydrogen-bond acceptors (Lipinski definition) is 10. The number of H-pyrrole nitrogens is 2. The van der Waals surface area contributed by atoms with Gasteiger partial charge in [-0.15, -0.1) is 0 Å². The molecule has 5 aromatic rings. The predicted molar refractivity (Wildman–Crippen MR) is 260 cm³/mol. The van der Waals surface area contributed by atoms with E-state index in [1.807, 2.05) is 56.8 Å². The Labute approximate surface area is 403 Å². The predicted octanol–water partition coefficient (Wildman–Crippen LogP) is 9.08. The number of nitrogens with one attached hydrogen (secondary N) is 2. The molecule has 4 N–H and O–H groups in total. The van der Waals surface area contributed by atoms with E-state index < -0.39 is 18.3 Å². The molecule has 9 rings (SSSR count). The third-order valence-electron chi connectivity index (χ3n) is 14.9. The molecule has 2 aromatic heterocycles. The standard InChI is InChI=1S/C53H66N8O8/c1-29-8-18-45(60(29)47(62)28-59(53(65)66-7)42-22-33(5)68-34(6)23-42)49-56-27-44(58-49)40-17-16-38-24-37(14-15-39(38)25-40)35-10-12-36(13-11-35)43-26-55-50(57-43)46-19-9-30(2)61(46)51(63)48(69-52(54)64)41-20-31(3)67-32(4)21-41/h10-17,24-27,29-34,41-42,45-46,48H,8-9,18-23,28H2,1-7H3,(H2,54,64)(H,55,57)(H,56,58)/t29-,30-,31?,32?,33-,34-,41?,45-,46-,48?/m0/s1. The number of hydrogen-bond donors (Lipinski definition) is 3. The zero-order valence-corrected chi connectivity index (χ0v) is 40.7. The molecule has 4 fully saturated rings. The summed E-state index contributed by atoms with van der Waals surface area (Å²) in [5.41, 5.74) is 11.3. The molecule has 9 atom stereocenters. The van der Waals surface area contributed by atoms with Crippen molar-refractivity contribution in [1.82, 2.24) is 34.6 Å². The van der Waals surface area contributed by atoms with Crippen LogP contribution in [0, 0.1) is 5.92 Å². The molecule has 69 heavy (non-hydrogen) atoms. The second-order valence-corrected chi connectivity index (χ2v) is 20.0. The van der Waals surface area contributed by atoms with Crippen LogP contribution in [-0.4, -0.2) is 121 Å². The van der Waals surface area contributed by atoms with E-state index in [-0.39, 0.29) is 78.9 Å². The summed E-state index contributed by atoms with van der Waals surface area (Å²) in [5, 5.41) is 2.18. The van der Waals surface area contributed by atoms with Gasteiger partial charge in [-0.1, -0.05) is 48.5 Å². The van der Waals surface area contributed by atoms with Gasteiger partial charge in [0, 0.05) is 29.6 Å². The summed E-state index contributed by atoms with van der Waals surface area (Å²) in [7, 11) is 1.36. The highest BCUT2D eigenvalue weighted by Gasteiger charge is 2.46. The van der Waals surface area contributed by atoms with E-state index in [0.29, 0.717) is 31.5 Å². The molecule has 366 valence electrons. The van der Waals surface area contributed by atoms with Crippen LogP contribution in [0.1, 0.15) is 117 Å². The van der Waals surface area contributed by atoms with Crippen LogP contribution in [0.15, 0.2) is 73.1 Å². The van der Waals surface area contributed by atoms with Crippen LogP contribution >= 0.6 is 0 Å². The molecular weight excluding hydrogens is 877 g/mol. The Morgan fingerprint density at radius 2 is 1.17 bits per heavy atom. The van der Waals surface area contributed by atoms with Crippen molar-refractivity contribution in [2.24, 2.45) is 11.7 Å². The van der Waals surface area contributed by atoms with E-state index in [1.165, 1.54) is 7.11 Å². The number of rotatable bonds is 11. The van der Waals surface area contributed by atoms with Gasteiger partial charge < -0.3 is 44.4 Å². The number of carbonyl (C=O) groups is 4. The van der Waals surface area contributed by atoms with E-state index in [0.717, 1.165) is 75.9 Å². The van der Waals surface area contributed by atoms with E-state index in [1.54, 1.807) is 4.90 Å². The van der Waals surface area contributed by atoms with Crippen LogP contribution in [0.2, 0.25) is 0 Å². The Kier molecular flexibility index (Phi) is 13.8. The fraction of sp³-hybridized carbons (Fsp3) is 0.509. The molecule has 4 saturated heterocycles. The molecule has 3 unspecified atom stereocenters. The molecule has 0 radical (unpaired) electrons. The number of nitrogens with zero attached hydrogens (tertiary/aromatic N) is 5. The van der Waals surface area contributed by atoms with E-state index in [2.05, 4.69) is 77.6 Å². The number of methoxy groups -OCH3 is 1. The molecule has 0 saturated carbocycles. The van der Waals surface area contributed by atoms with Crippen LogP contribution in [0.25, 0.3) is 44.4 Å². The first-order valence-corrected chi connectivity index (χ1v) is 24.6. The summed E-state index contributed by atoms with van der Waals surface area (Å²) in [5.74, 6) is 0.856. The van der Waals surface area contributed by atoms with Gasteiger partial charge in [0.05, 0.1) is 67.4 Å². The van der Waals surface area contributed by atoms with Crippen LogP contribution < -0.4 is 5.73 Å². The SMILES string of the molecule is COC(=O)N(CC(=O)N1[C@@H](C)CC[C@H]1c1ncc(-c2ccc3cc(-c4ccc(-c5cnc([C@@H]6CC[C@H](C)N6C(=O)C(OC(N)=O)C6CC(C)OC(C)C6)[nH]5)cc4)ccc3c2)[nH]1)C1C[C@H](C)O[C@@H](C)C1. The Bertz CT molecular complexity index is 2650. The topological polar surface area (TPSA) is 198 Å². The zero-order valence-electron chi connectivity index (χ0n) is 40.7. The maximum absolute atomic E-state index is 14.3. The summed E-state index contributed by atoms with van der Waals surface area (Å²) in [4.78, 5) is 75.3. The number of carbonyl (C=O) groups excluding carboxylic acids is 4. The minimum Gasteiger partial charge on any atom is -0.453 e. The Hall–Kier alpha value is -6.26. The van der Waals surface area contributed by atoms with Crippen molar-refractivity contribution in [3.05, 3.63) is 84.7 Å². The number of aromatic amines is 2. The maximum atomic E-state index is 14.3. The van der Waals surface area contributed by atoms with Gasteiger partial charge in [-0.05, 0) is 133 Å². The molecule has 16 heteroatoms. The third kappa shape index (κ3) is 10.1. The van der Waals surface area contributed by atoms with Crippen molar-refractivity contribution in [2.45, 2.75) is 154 Å². The average molecular weight is 943 g/mol. The number of ether oxygens (including phenoxy) is 4. The number of likely N-dealkylation sites (tertiary alicyclic amines) is 2. The number of imidazole rings is 2. The highest BCUT2D eigenvalue weighted by Crippen LogP contribution is 2.40. The molecule has 4 aliphatic rings. The smallest absolute Gasteiger partial charge is 0.410 e. The molecule has 16 nitrogen and oxygen atoms in total. The number of aromatic nitrogens is 4. The van der Waals surface area contributed by atoms with Gasteiger partial charge in [0.1, 0.15) is 18.2 Å². The summed E-state index contributed by atoms with van der Waals surface area (Å²) in [6.07, 6.45) is 6.64. The second-order valence-electron chi connectivity index (χ2n) is 20.0. The van der Waals surface area contributed by atoms with Crippen molar-refractivity contribution in [1.29, 1.82) is 0 Å². The molecule has 3 aromatic carbocycles. The Morgan fingerprint density at radius 1 is 0.681 bits per heavy atom. The van der Waals surface area contributed by atoms with Gasteiger partial charge >= 0.3 is 12.2 Å². The maximum Gasteiger partial charge on any atom is 0.410 e. The van der Waals surface area contributed by atoms with Gasteiger partial charge in [-0.2, -0.15) is 0 Å². The van der Waals surface area contributed by atoms with Crippen molar-refractivity contribution >= 4 is 34.8 Å². The number of fused-ring (bicyclic) bond motifs is 1. The summed E-state index contributed by atoms with van der Waals surface area (Å²) in [6, 6.07) is 20.4. The fourth-order valence-electron chi connectivity index (χ4n) is 11.7. The molecule has 0 spiro atoms. The van der Waals surface area contributed by atoms with Crippen LogP contribution in [0.4, 0.5) is 9.59 Å². The third-order valence-corrected chi connectivity index (χ3v) is 14.9. The van der Waals surface area contributed by atoms with Crippen molar-refractivity contribution < 1.29 is 38.1 Å². The van der Waals surface area contributed by atoms with E-state index in [9.17, 15) is 19.2 Å². The van der Waals surface area contributed by atoms with E-state index in [4.69, 9.17) is 34.6 Å². The molecule has 4 amide bonds. The van der Waals surface area contributed by atoms with Crippen LogP contribution in [-0.2, 0) is 28.5 Å². The largest absolute Gasteiger partial charge is 0.453 e. The quantitative estimate of drug-likeness (QED) is 0.115. The van der Waals surface area contributed by atoms with Crippen LogP contribution in [0.3, 0.4) is 0 Å². The lowest BCUT2D eigenvalue weighted by Gasteiger charge is -2.39. The fourth-order valence-corrected chi connectivity index (χ4v) is 11.7. The molecule has 6 heterocycles. The first kappa shape index (κ1) is 47.8. The van der Waals surface area contributed by atoms with Crippen molar-refractivity contribution in [3.8, 4) is 33.6 Å². The molecular formula is C53H66N8O8. The number of benzene rings is 3. The molecule has 0 bridgehead atoms. The molecule has 4 aliphatic heterocycles. The van der Waals surface area contributed by atoms with Gasteiger partial charge in [-0.3, -0.25) is 14.5 Å². The monoisotopic (exact) mass is 943 g/mol. The van der Waals surface area contributed by atoms with Crippen molar-refractivity contribution in [2.75, 3.05) is 13.7 Å². The van der Waals surface area contributed by atoms with E-state index >= 15 is 0 Å². The lowest BCUT2D eigenvalue weighted by atomic mass is 9.87. The van der Waals surface area contributed by atoms with Gasteiger partial charge in [0.15, 0.2) is 6.10 Å². The highest BCUT2D eigenvalue weighted by atomic mass is 16.6.